The zero-order valence-corrected chi connectivity index (χ0v) is 29.9. The SMILES string of the molecule is CC(/C=C(/C)[N]([Ge][O][C@H](c1cccs1)C(F)(F)F)c1c(C(C)C)cccc1C(C)C)=Nc1c(C(C)C)cccc1C(C)C. The summed E-state index contributed by atoms with van der Waals surface area (Å²) in [5.41, 5.74) is 8.09. The van der Waals surface area contributed by atoms with Crippen LogP contribution in [0.3, 0.4) is 0 Å². The third-order valence-corrected chi connectivity index (χ3v) is 10.6. The van der Waals surface area contributed by atoms with Crippen molar-refractivity contribution in [2.45, 2.75) is 105 Å². The molecule has 0 aliphatic carbocycles. The molecular weight excluding hydrogens is 626 g/mol. The fourth-order valence-electron chi connectivity index (χ4n) is 5.11. The molecule has 0 unspecified atom stereocenters. The molecule has 0 fully saturated rings. The van der Waals surface area contributed by atoms with Crippen LogP contribution in [0.1, 0.15) is 126 Å². The van der Waals surface area contributed by atoms with E-state index in [1.54, 1.807) is 11.4 Å². The summed E-state index contributed by atoms with van der Waals surface area (Å²) in [7, 11) is 0. The Labute approximate surface area is 267 Å². The predicted molar refractivity (Wildman–Crippen MR) is 178 cm³/mol. The first-order valence-electron chi connectivity index (χ1n) is 14.9. The number of aliphatic imine (C=N–C) groups is 1. The average Bonchev–Trinajstić information content (AvgIpc) is 3.44. The number of halogens is 3. The van der Waals surface area contributed by atoms with Gasteiger partial charge in [0.2, 0.25) is 0 Å². The van der Waals surface area contributed by atoms with Crippen LogP contribution in [0.4, 0.5) is 24.5 Å². The van der Waals surface area contributed by atoms with Gasteiger partial charge in [-0.1, -0.05) is 0 Å². The molecule has 43 heavy (non-hydrogen) atoms. The molecule has 2 aromatic carbocycles. The summed E-state index contributed by atoms with van der Waals surface area (Å²) in [5, 5.41) is 1.66. The van der Waals surface area contributed by atoms with Gasteiger partial charge in [0.05, 0.1) is 0 Å². The Balaban J connectivity index is 2.18. The van der Waals surface area contributed by atoms with Crippen molar-refractivity contribution in [2.75, 3.05) is 3.86 Å². The molecule has 1 atom stereocenters. The molecule has 232 valence electrons. The normalized spacial score (nSPS) is 14.0. The summed E-state index contributed by atoms with van der Waals surface area (Å²) in [6, 6.07) is 15.7. The molecule has 0 saturated heterocycles. The van der Waals surface area contributed by atoms with Gasteiger partial charge in [0.15, 0.2) is 0 Å². The third-order valence-electron chi connectivity index (χ3n) is 7.33. The van der Waals surface area contributed by atoms with Crippen LogP contribution in [-0.4, -0.2) is 27.9 Å². The number of hydrogen-bond acceptors (Lipinski definition) is 4. The summed E-state index contributed by atoms with van der Waals surface area (Å²) in [6.07, 6.45) is -4.48. The van der Waals surface area contributed by atoms with Crippen LogP contribution in [0, 0.1) is 0 Å². The minimum atomic E-state index is -4.51. The third kappa shape index (κ3) is 8.86. The van der Waals surface area contributed by atoms with Crippen molar-refractivity contribution in [1.82, 2.24) is 0 Å². The first-order valence-corrected chi connectivity index (χ1v) is 17.6. The van der Waals surface area contributed by atoms with Gasteiger partial charge in [-0.3, -0.25) is 0 Å². The fourth-order valence-corrected chi connectivity index (χ4v) is 8.23. The quantitative estimate of drug-likeness (QED) is 0.141. The monoisotopic (exact) mass is 672 g/mol. The van der Waals surface area contributed by atoms with Crippen molar-refractivity contribution in [2.24, 2.45) is 4.99 Å². The number of anilines is 1. The standard InChI is InChI=1S/C35H45F3GeN2OS/c1-21(2)27-14-11-15-28(22(3)4)32(27)40-25(9)20-26(10)41(33-29(23(5)6)16-12-17-30(33)24(7)8)39-42-34(35(36,37)38)31-18-13-19-43-31/h11-24,34H,1-10H3/b26-20-,40-25?/t34-/m1/s1. The van der Waals surface area contributed by atoms with E-state index in [-0.39, 0.29) is 16.7 Å². The first-order chi connectivity index (χ1) is 20.1. The molecule has 0 aliphatic heterocycles. The van der Waals surface area contributed by atoms with E-state index in [2.05, 4.69) is 85.7 Å². The van der Waals surface area contributed by atoms with Crippen LogP contribution in [-0.2, 0) is 3.76 Å². The number of allylic oxidation sites excluding steroid dienone is 2. The second-order valence-corrected chi connectivity index (χ2v) is 15.0. The second kappa shape index (κ2) is 15.1. The van der Waals surface area contributed by atoms with Crippen molar-refractivity contribution < 1.29 is 16.9 Å². The van der Waals surface area contributed by atoms with Gasteiger partial charge in [-0.15, -0.1) is 0 Å². The van der Waals surface area contributed by atoms with Gasteiger partial charge < -0.3 is 0 Å². The van der Waals surface area contributed by atoms with Crippen LogP contribution in [0.5, 0.6) is 0 Å². The zero-order valence-electron chi connectivity index (χ0n) is 27.0. The number of hydrogen-bond donors (Lipinski definition) is 0. The Morgan fingerprint density at radius 3 is 1.70 bits per heavy atom. The maximum absolute atomic E-state index is 14.3. The molecule has 8 heteroatoms. The summed E-state index contributed by atoms with van der Waals surface area (Å²) >= 11 is -0.696. The van der Waals surface area contributed by atoms with Gasteiger partial charge in [0.25, 0.3) is 0 Å². The molecule has 0 spiro atoms. The molecule has 1 aromatic heterocycles. The number of para-hydroxylation sites is 2. The van der Waals surface area contributed by atoms with Crippen molar-refractivity contribution >= 4 is 44.4 Å². The molecule has 1 heterocycles. The molecular formula is C35H45F3GeN2OS. The molecule has 0 aliphatic rings. The fraction of sp³-hybridized carbons (Fsp3) is 0.457. The van der Waals surface area contributed by atoms with Gasteiger partial charge in [-0.05, 0) is 0 Å². The van der Waals surface area contributed by atoms with Crippen LogP contribution in [0.25, 0.3) is 0 Å². The number of rotatable bonds is 12. The van der Waals surface area contributed by atoms with Crippen LogP contribution >= 0.6 is 11.3 Å². The van der Waals surface area contributed by atoms with E-state index < -0.39 is 28.3 Å². The molecule has 3 rings (SSSR count). The van der Waals surface area contributed by atoms with Crippen molar-refractivity contribution in [3.8, 4) is 0 Å². The molecule has 0 amide bonds. The van der Waals surface area contributed by atoms with Gasteiger partial charge in [0, 0.05) is 0 Å². The first kappa shape index (κ1) is 35.1. The summed E-state index contributed by atoms with van der Waals surface area (Å²) in [4.78, 5) is 5.29. The van der Waals surface area contributed by atoms with Gasteiger partial charge in [-0.2, -0.15) is 0 Å². The summed E-state index contributed by atoms with van der Waals surface area (Å²) in [6.45, 7) is 21.1. The van der Waals surface area contributed by atoms with Crippen molar-refractivity contribution in [3.05, 3.63) is 92.8 Å². The second-order valence-electron chi connectivity index (χ2n) is 12.2. The van der Waals surface area contributed by atoms with Crippen LogP contribution in [0.2, 0.25) is 0 Å². The van der Waals surface area contributed by atoms with Gasteiger partial charge in [0.1, 0.15) is 0 Å². The summed E-state index contributed by atoms with van der Waals surface area (Å²) < 4.78 is 50.7. The number of alkyl halides is 3. The van der Waals surface area contributed by atoms with E-state index in [0.29, 0.717) is 11.8 Å². The van der Waals surface area contributed by atoms with E-state index in [1.807, 2.05) is 29.8 Å². The van der Waals surface area contributed by atoms with Crippen molar-refractivity contribution in [1.29, 1.82) is 0 Å². The van der Waals surface area contributed by atoms with E-state index in [9.17, 15) is 13.2 Å². The Hall–Kier alpha value is -2.36. The molecule has 0 bridgehead atoms. The van der Waals surface area contributed by atoms with E-state index in [4.69, 9.17) is 8.76 Å². The van der Waals surface area contributed by atoms with Crippen LogP contribution in [0.15, 0.2) is 70.7 Å². The molecule has 0 saturated carbocycles. The number of nitrogens with zero attached hydrogens (tertiary/aromatic N) is 2. The van der Waals surface area contributed by atoms with E-state index in [0.717, 1.165) is 45.2 Å². The number of benzene rings is 2. The van der Waals surface area contributed by atoms with Gasteiger partial charge in [-0.25, -0.2) is 0 Å². The minimum absolute atomic E-state index is 0.170. The Kier molecular flexibility index (Phi) is 12.3. The Morgan fingerprint density at radius 1 is 0.791 bits per heavy atom. The predicted octanol–water partition coefficient (Wildman–Crippen LogP) is 11.6. The molecule has 0 N–H and O–H groups in total. The zero-order chi connectivity index (χ0) is 32.1. The van der Waals surface area contributed by atoms with Crippen molar-refractivity contribution in [3.63, 3.8) is 0 Å². The number of thiophene rings is 1. The summed E-state index contributed by atoms with van der Waals surface area (Å²) in [5.74, 6) is 0.949. The van der Waals surface area contributed by atoms with Crippen LogP contribution < -0.4 is 3.86 Å². The Morgan fingerprint density at radius 2 is 1.28 bits per heavy atom. The molecule has 2 radical (unpaired) electrons. The molecule has 3 aromatic rings. The Bertz CT molecular complexity index is 1360. The van der Waals surface area contributed by atoms with E-state index >= 15 is 0 Å². The average molecular weight is 671 g/mol. The molecule has 3 nitrogen and oxygen atoms in total. The maximum atomic E-state index is 14.3. The topological polar surface area (TPSA) is 24.8 Å². The van der Waals surface area contributed by atoms with E-state index in [1.165, 1.54) is 17.2 Å². The van der Waals surface area contributed by atoms with Gasteiger partial charge >= 0.3 is 268 Å².